The Labute approximate surface area is 108 Å². The molecule has 1 rings (SSSR count). The highest BCUT2D eigenvalue weighted by atomic mass is 79.9. The number of alkyl halides is 1. The van der Waals surface area contributed by atoms with Gasteiger partial charge in [0.2, 0.25) is 0 Å². The quantitative estimate of drug-likeness (QED) is 0.384. The molecule has 0 bridgehead atoms. The third-order valence-corrected chi connectivity index (χ3v) is 4.01. The SMILES string of the molecule is CC[N+]1(CCCCBr)CCCCC1.[Br-]. The molecular formula is C11H23Br2N. The average Bonchev–Trinajstić information content (AvgIpc) is 2.20. The molecule has 0 aromatic carbocycles. The van der Waals surface area contributed by atoms with Crippen molar-refractivity contribution in [2.24, 2.45) is 0 Å². The molecule has 0 aromatic heterocycles. The second kappa shape index (κ2) is 8.12. The Bertz CT molecular complexity index is 133. The number of quaternary nitrogens is 1. The largest absolute Gasteiger partial charge is 1.00 e. The summed E-state index contributed by atoms with van der Waals surface area (Å²) in [5, 5.41) is 1.18. The van der Waals surface area contributed by atoms with E-state index in [2.05, 4.69) is 22.9 Å². The van der Waals surface area contributed by atoms with Crippen molar-refractivity contribution in [3.05, 3.63) is 0 Å². The van der Waals surface area contributed by atoms with Crippen LogP contribution in [0.1, 0.15) is 39.0 Å². The van der Waals surface area contributed by atoms with Crippen LogP contribution < -0.4 is 17.0 Å². The van der Waals surface area contributed by atoms with Crippen LogP contribution >= 0.6 is 15.9 Å². The van der Waals surface area contributed by atoms with Crippen LogP contribution in [0.5, 0.6) is 0 Å². The minimum atomic E-state index is 0. The lowest BCUT2D eigenvalue weighted by molar-refractivity contribution is -0.931. The van der Waals surface area contributed by atoms with Crippen LogP contribution in [-0.2, 0) is 0 Å². The maximum atomic E-state index is 3.51. The molecule has 0 aliphatic carbocycles. The Morgan fingerprint density at radius 1 is 1.07 bits per heavy atom. The predicted molar refractivity (Wildman–Crippen MR) is 62.3 cm³/mol. The van der Waals surface area contributed by atoms with Gasteiger partial charge < -0.3 is 21.5 Å². The first-order chi connectivity index (χ1) is 6.33. The van der Waals surface area contributed by atoms with Crippen molar-refractivity contribution in [3.63, 3.8) is 0 Å². The molecule has 0 N–H and O–H groups in total. The molecule has 3 heteroatoms. The van der Waals surface area contributed by atoms with Crippen LogP contribution in [0.2, 0.25) is 0 Å². The smallest absolute Gasteiger partial charge is 0.0786 e. The first-order valence-corrected chi connectivity index (χ1v) is 6.86. The molecule has 0 aromatic rings. The van der Waals surface area contributed by atoms with Crippen molar-refractivity contribution in [3.8, 4) is 0 Å². The summed E-state index contributed by atoms with van der Waals surface area (Å²) in [6.07, 6.45) is 7.14. The van der Waals surface area contributed by atoms with Crippen LogP contribution in [0.4, 0.5) is 0 Å². The Kier molecular flexibility index (Phi) is 8.65. The zero-order valence-corrected chi connectivity index (χ0v) is 12.4. The predicted octanol–water partition coefficient (Wildman–Crippen LogP) is 0.186. The fourth-order valence-electron chi connectivity index (χ4n) is 2.42. The van der Waals surface area contributed by atoms with Crippen LogP contribution in [-0.4, -0.2) is 36.0 Å². The molecule has 86 valence electrons. The summed E-state index contributed by atoms with van der Waals surface area (Å²) in [5.41, 5.74) is 0. The van der Waals surface area contributed by atoms with Crippen LogP contribution in [0.15, 0.2) is 0 Å². The van der Waals surface area contributed by atoms with E-state index >= 15 is 0 Å². The number of piperidine rings is 1. The van der Waals surface area contributed by atoms with Crippen molar-refractivity contribution < 1.29 is 21.5 Å². The van der Waals surface area contributed by atoms with E-state index in [4.69, 9.17) is 0 Å². The highest BCUT2D eigenvalue weighted by Crippen LogP contribution is 2.19. The number of nitrogens with zero attached hydrogens (tertiary/aromatic N) is 1. The summed E-state index contributed by atoms with van der Waals surface area (Å²) in [5.74, 6) is 0. The van der Waals surface area contributed by atoms with E-state index in [9.17, 15) is 0 Å². The normalized spacial score (nSPS) is 20.1. The Morgan fingerprint density at radius 3 is 2.21 bits per heavy atom. The maximum Gasteiger partial charge on any atom is 0.0786 e. The number of rotatable bonds is 5. The number of likely N-dealkylation sites (tertiary alicyclic amines) is 1. The Balaban J connectivity index is 0.00000169. The maximum absolute atomic E-state index is 3.51. The van der Waals surface area contributed by atoms with Crippen molar-refractivity contribution in [2.75, 3.05) is 31.5 Å². The molecule has 1 nitrogen and oxygen atoms in total. The zero-order valence-electron chi connectivity index (χ0n) is 9.27. The lowest BCUT2D eigenvalue weighted by Crippen LogP contribution is -3.00. The van der Waals surface area contributed by atoms with Gasteiger partial charge >= 0.3 is 0 Å². The number of hydrogen-bond donors (Lipinski definition) is 0. The van der Waals surface area contributed by atoms with Gasteiger partial charge in [-0.2, -0.15) is 0 Å². The molecule has 1 aliphatic rings. The number of hydrogen-bond acceptors (Lipinski definition) is 0. The van der Waals surface area contributed by atoms with E-state index in [1.54, 1.807) is 0 Å². The third kappa shape index (κ3) is 4.63. The van der Waals surface area contributed by atoms with Gasteiger partial charge in [-0.05, 0) is 39.0 Å². The molecular weight excluding hydrogens is 306 g/mol. The summed E-state index contributed by atoms with van der Waals surface area (Å²) in [6.45, 7) is 8.02. The standard InChI is InChI=1S/C11H23BrN.BrH/c1-2-13(11-7-4-8-12)9-5-3-6-10-13;/h2-11H2,1H3;1H/q+1;/p-1. The molecule has 1 fully saturated rings. The lowest BCUT2D eigenvalue weighted by Gasteiger charge is -2.41. The number of halogens is 2. The summed E-state index contributed by atoms with van der Waals surface area (Å²) in [7, 11) is 0. The second-order valence-electron chi connectivity index (χ2n) is 4.29. The lowest BCUT2D eigenvalue weighted by atomic mass is 10.1. The van der Waals surface area contributed by atoms with E-state index in [0.29, 0.717) is 0 Å². The van der Waals surface area contributed by atoms with Gasteiger partial charge in [-0.1, -0.05) is 15.9 Å². The van der Waals surface area contributed by atoms with Gasteiger partial charge in [0, 0.05) is 5.33 Å². The van der Waals surface area contributed by atoms with Crippen LogP contribution in [0.3, 0.4) is 0 Å². The monoisotopic (exact) mass is 327 g/mol. The van der Waals surface area contributed by atoms with Crippen LogP contribution in [0, 0.1) is 0 Å². The minimum Gasteiger partial charge on any atom is -1.00 e. The van der Waals surface area contributed by atoms with Crippen LogP contribution in [0.25, 0.3) is 0 Å². The van der Waals surface area contributed by atoms with Gasteiger partial charge in [0.1, 0.15) is 0 Å². The van der Waals surface area contributed by atoms with Gasteiger partial charge in [0.25, 0.3) is 0 Å². The minimum absolute atomic E-state index is 0. The first kappa shape index (κ1) is 14.9. The van der Waals surface area contributed by atoms with E-state index < -0.39 is 0 Å². The van der Waals surface area contributed by atoms with Gasteiger partial charge in [-0.25, -0.2) is 0 Å². The summed E-state index contributed by atoms with van der Waals surface area (Å²) >= 11 is 3.51. The summed E-state index contributed by atoms with van der Waals surface area (Å²) in [6, 6.07) is 0. The molecule has 0 amide bonds. The average molecular weight is 329 g/mol. The Morgan fingerprint density at radius 2 is 1.71 bits per heavy atom. The fraction of sp³-hybridized carbons (Fsp3) is 1.00. The molecule has 14 heavy (non-hydrogen) atoms. The molecule has 1 heterocycles. The van der Waals surface area contributed by atoms with Crippen molar-refractivity contribution >= 4 is 15.9 Å². The van der Waals surface area contributed by atoms with E-state index in [-0.39, 0.29) is 17.0 Å². The molecule has 0 atom stereocenters. The molecule has 1 saturated heterocycles. The highest BCUT2D eigenvalue weighted by Gasteiger charge is 2.26. The molecule has 0 unspecified atom stereocenters. The molecule has 0 spiro atoms. The van der Waals surface area contributed by atoms with Crippen molar-refractivity contribution in [1.29, 1.82) is 0 Å². The Hall–Kier alpha value is 0.920. The second-order valence-corrected chi connectivity index (χ2v) is 5.08. The van der Waals surface area contributed by atoms with Gasteiger partial charge in [-0.15, -0.1) is 0 Å². The van der Waals surface area contributed by atoms with E-state index in [1.807, 2.05) is 0 Å². The molecule has 0 saturated carbocycles. The highest BCUT2D eigenvalue weighted by molar-refractivity contribution is 9.09. The molecule has 1 aliphatic heterocycles. The van der Waals surface area contributed by atoms with Gasteiger partial charge in [0.15, 0.2) is 0 Å². The third-order valence-electron chi connectivity index (χ3n) is 3.45. The summed E-state index contributed by atoms with van der Waals surface area (Å²) < 4.78 is 1.41. The van der Waals surface area contributed by atoms with E-state index in [0.717, 1.165) is 0 Å². The van der Waals surface area contributed by atoms with Gasteiger partial charge in [-0.3, -0.25) is 0 Å². The van der Waals surface area contributed by atoms with E-state index in [1.165, 1.54) is 68.1 Å². The fourth-order valence-corrected chi connectivity index (χ4v) is 2.82. The number of unbranched alkanes of at least 4 members (excludes halogenated alkanes) is 1. The van der Waals surface area contributed by atoms with Crippen molar-refractivity contribution in [2.45, 2.75) is 39.0 Å². The topological polar surface area (TPSA) is 0 Å². The first-order valence-electron chi connectivity index (χ1n) is 5.74. The zero-order chi connectivity index (χ0) is 9.57. The summed E-state index contributed by atoms with van der Waals surface area (Å²) in [4.78, 5) is 0. The molecule has 0 radical (unpaired) electrons. The van der Waals surface area contributed by atoms with Crippen molar-refractivity contribution in [1.82, 2.24) is 0 Å². The van der Waals surface area contributed by atoms with Gasteiger partial charge in [0.05, 0.1) is 26.2 Å².